The Morgan fingerprint density at radius 2 is 1.77 bits per heavy atom. The smallest absolute Gasteiger partial charge is 0.309 e. The second kappa shape index (κ2) is 6.97. The molecule has 26 heavy (non-hydrogen) atoms. The van der Waals surface area contributed by atoms with Crippen molar-refractivity contribution < 1.29 is 23.9 Å². The van der Waals surface area contributed by atoms with Crippen molar-refractivity contribution in [3.05, 3.63) is 0 Å². The SMILES string of the molecule is COC(=O)CC[C@@]1(C)C(=O)CCC2C1CC[C@@]1(C)C2CC[C@@H]1C(=O)OC. The van der Waals surface area contributed by atoms with Gasteiger partial charge in [0.2, 0.25) is 0 Å². The van der Waals surface area contributed by atoms with Crippen molar-refractivity contribution in [2.75, 3.05) is 14.2 Å². The molecule has 0 aromatic heterocycles. The second-order valence-corrected chi connectivity index (χ2v) is 9.03. The molecule has 3 unspecified atom stereocenters. The van der Waals surface area contributed by atoms with Gasteiger partial charge in [0.25, 0.3) is 0 Å². The molecule has 0 aromatic carbocycles. The summed E-state index contributed by atoms with van der Waals surface area (Å²) >= 11 is 0. The van der Waals surface area contributed by atoms with E-state index in [1.807, 2.05) is 0 Å². The van der Waals surface area contributed by atoms with Crippen molar-refractivity contribution in [1.82, 2.24) is 0 Å². The van der Waals surface area contributed by atoms with Gasteiger partial charge in [0, 0.05) is 18.3 Å². The molecule has 3 saturated carbocycles. The number of Topliss-reactive ketones (excluding diaryl/α,β-unsaturated/α-hetero) is 1. The maximum atomic E-state index is 12.8. The maximum Gasteiger partial charge on any atom is 0.309 e. The van der Waals surface area contributed by atoms with Gasteiger partial charge in [-0.2, -0.15) is 0 Å². The number of carbonyl (C=O) groups is 3. The lowest BCUT2D eigenvalue weighted by molar-refractivity contribution is -0.158. The second-order valence-electron chi connectivity index (χ2n) is 9.03. The van der Waals surface area contributed by atoms with Crippen LogP contribution >= 0.6 is 0 Å². The molecule has 3 aliphatic rings. The van der Waals surface area contributed by atoms with E-state index >= 15 is 0 Å². The summed E-state index contributed by atoms with van der Waals surface area (Å²) in [5, 5.41) is 0. The van der Waals surface area contributed by atoms with E-state index in [9.17, 15) is 14.4 Å². The Morgan fingerprint density at radius 3 is 2.42 bits per heavy atom. The molecule has 0 N–H and O–H groups in total. The highest BCUT2D eigenvalue weighted by atomic mass is 16.5. The number of hydrogen-bond donors (Lipinski definition) is 0. The van der Waals surface area contributed by atoms with E-state index in [1.165, 1.54) is 14.2 Å². The Balaban J connectivity index is 1.83. The van der Waals surface area contributed by atoms with E-state index in [4.69, 9.17) is 9.47 Å². The molecule has 3 fully saturated rings. The summed E-state index contributed by atoms with van der Waals surface area (Å²) < 4.78 is 9.87. The molecule has 0 aliphatic heterocycles. The molecule has 0 heterocycles. The van der Waals surface area contributed by atoms with E-state index < -0.39 is 5.41 Å². The minimum atomic E-state index is -0.443. The Kier molecular flexibility index (Phi) is 5.19. The standard InChI is InChI=1S/C21H32O5/c1-20-11-9-15-13(14(20)6-7-16(20)19(24)26-4)5-8-17(22)21(15,2)12-10-18(23)25-3/h13-16H,5-12H2,1-4H3/t13?,14?,15?,16-,20+,21-/m1/s1. The number of carbonyl (C=O) groups excluding carboxylic acids is 3. The third-order valence-electron chi connectivity index (χ3n) is 8.16. The maximum absolute atomic E-state index is 12.8. The van der Waals surface area contributed by atoms with Gasteiger partial charge in [-0.05, 0) is 61.7 Å². The van der Waals surface area contributed by atoms with E-state index in [1.54, 1.807) is 0 Å². The minimum absolute atomic E-state index is 0.0160. The molecule has 0 spiro atoms. The Labute approximate surface area is 156 Å². The number of methoxy groups -OCH3 is 2. The van der Waals surface area contributed by atoms with Crippen LogP contribution in [0.15, 0.2) is 0 Å². The molecule has 6 atom stereocenters. The van der Waals surface area contributed by atoms with Crippen molar-refractivity contribution in [2.45, 2.75) is 65.2 Å². The molecular formula is C21H32O5. The van der Waals surface area contributed by atoms with Gasteiger partial charge in [-0.15, -0.1) is 0 Å². The predicted octanol–water partition coefficient (Wildman–Crippen LogP) is 3.54. The number of esters is 2. The van der Waals surface area contributed by atoms with Gasteiger partial charge < -0.3 is 9.47 Å². The first-order valence-corrected chi connectivity index (χ1v) is 9.96. The van der Waals surface area contributed by atoms with E-state index in [0.29, 0.717) is 42.8 Å². The minimum Gasteiger partial charge on any atom is -0.469 e. The molecule has 0 bridgehead atoms. The molecule has 0 amide bonds. The Bertz CT molecular complexity index is 599. The van der Waals surface area contributed by atoms with E-state index in [0.717, 1.165) is 32.1 Å². The number of rotatable bonds is 4. The van der Waals surface area contributed by atoms with Gasteiger partial charge in [-0.1, -0.05) is 13.8 Å². The normalized spacial score (nSPS) is 41.9. The van der Waals surface area contributed by atoms with Crippen LogP contribution in [0.2, 0.25) is 0 Å². The number of ether oxygens (including phenoxy) is 2. The summed E-state index contributed by atoms with van der Waals surface area (Å²) in [6.45, 7) is 4.31. The van der Waals surface area contributed by atoms with Gasteiger partial charge in [-0.25, -0.2) is 0 Å². The van der Waals surface area contributed by atoms with Crippen LogP contribution in [-0.2, 0) is 23.9 Å². The molecule has 5 nitrogen and oxygen atoms in total. The summed E-state index contributed by atoms with van der Waals surface area (Å²) in [5.74, 6) is 1.20. The zero-order valence-corrected chi connectivity index (χ0v) is 16.5. The van der Waals surface area contributed by atoms with Crippen molar-refractivity contribution in [1.29, 1.82) is 0 Å². The molecule has 3 aliphatic carbocycles. The van der Waals surface area contributed by atoms with Gasteiger partial charge >= 0.3 is 11.9 Å². The number of hydrogen-bond acceptors (Lipinski definition) is 5. The lowest BCUT2D eigenvalue weighted by Gasteiger charge is -2.55. The van der Waals surface area contributed by atoms with Crippen LogP contribution in [-0.4, -0.2) is 31.9 Å². The summed E-state index contributed by atoms with van der Waals surface area (Å²) in [5.41, 5.74) is -0.459. The van der Waals surface area contributed by atoms with Gasteiger partial charge in [-0.3, -0.25) is 14.4 Å². The number of ketones is 1. The lowest BCUT2D eigenvalue weighted by atomic mass is 9.48. The largest absolute Gasteiger partial charge is 0.469 e. The first kappa shape index (κ1) is 19.4. The zero-order valence-electron chi connectivity index (χ0n) is 16.5. The molecule has 5 heteroatoms. The van der Waals surface area contributed by atoms with Gasteiger partial charge in [0.1, 0.15) is 5.78 Å². The quantitative estimate of drug-likeness (QED) is 0.714. The first-order valence-electron chi connectivity index (χ1n) is 9.96. The van der Waals surface area contributed by atoms with Crippen LogP contribution in [0.5, 0.6) is 0 Å². The molecular weight excluding hydrogens is 332 g/mol. The number of fused-ring (bicyclic) bond motifs is 3. The van der Waals surface area contributed by atoms with E-state index in [-0.39, 0.29) is 23.3 Å². The zero-order chi connectivity index (χ0) is 19.1. The summed E-state index contributed by atoms with van der Waals surface area (Å²) in [7, 11) is 2.88. The third kappa shape index (κ3) is 2.87. The average molecular weight is 364 g/mol. The van der Waals surface area contributed by atoms with Crippen LogP contribution in [0.4, 0.5) is 0 Å². The highest BCUT2D eigenvalue weighted by Crippen LogP contribution is 2.64. The molecule has 146 valence electrons. The van der Waals surface area contributed by atoms with Crippen LogP contribution in [0, 0.1) is 34.5 Å². The van der Waals surface area contributed by atoms with Crippen LogP contribution < -0.4 is 0 Å². The fraction of sp³-hybridized carbons (Fsp3) is 0.857. The van der Waals surface area contributed by atoms with Crippen molar-refractivity contribution >= 4 is 17.7 Å². The summed E-state index contributed by atoms with van der Waals surface area (Å²) in [4.78, 5) is 36.8. The molecule has 3 rings (SSSR count). The van der Waals surface area contributed by atoms with Crippen molar-refractivity contribution in [3.8, 4) is 0 Å². The third-order valence-corrected chi connectivity index (χ3v) is 8.16. The van der Waals surface area contributed by atoms with Gasteiger partial charge in [0.05, 0.1) is 20.1 Å². The van der Waals surface area contributed by atoms with Crippen molar-refractivity contribution in [2.24, 2.45) is 34.5 Å². The molecule has 0 aromatic rings. The highest BCUT2D eigenvalue weighted by molar-refractivity contribution is 5.86. The molecule has 0 radical (unpaired) electrons. The highest BCUT2D eigenvalue weighted by Gasteiger charge is 2.60. The molecule has 0 saturated heterocycles. The summed E-state index contributed by atoms with van der Waals surface area (Å²) in [6, 6.07) is 0. The van der Waals surface area contributed by atoms with Crippen LogP contribution in [0.1, 0.15) is 65.2 Å². The first-order chi connectivity index (χ1) is 12.3. The fourth-order valence-electron chi connectivity index (χ4n) is 6.59. The lowest BCUT2D eigenvalue weighted by Crippen LogP contribution is -2.53. The summed E-state index contributed by atoms with van der Waals surface area (Å²) in [6.07, 6.45) is 6.23. The van der Waals surface area contributed by atoms with Crippen LogP contribution in [0.25, 0.3) is 0 Å². The average Bonchev–Trinajstić information content (AvgIpc) is 2.99. The Morgan fingerprint density at radius 1 is 1.04 bits per heavy atom. The van der Waals surface area contributed by atoms with Gasteiger partial charge in [0.15, 0.2) is 0 Å². The van der Waals surface area contributed by atoms with E-state index in [2.05, 4.69) is 13.8 Å². The van der Waals surface area contributed by atoms with Crippen molar-refractivity contribution in [3.63, 3.8) is 0 Å². The topological polar surface area (TPSA) is 69.7 Å². The predicted molar refractivity (Wildman–Crippen MR) is 96.1 cm³/mol. The van der Waals surface area contributed by atoms with Crippen LogP contribution in [0.3, 0.4) is 0 Å². The Hall–Kier alpha value is -1.39. The monoisotopic (exact) mass is 364 g/mol. The fourth-order valence-corrected chi connectivity index (χ4v) is 6.59.